The molecule has 0 spiro atoms. The fraction of sp³-hybridized carbons (Fsp3) is 0.0667. The highest BCUT2D eigenvalue weighted by atomic mass is 15.2. The normalized spacial score (nSPS) is 10.5. The zero-order valence-corrected chi connectivity index (χ0v) is 10.1. The Bertz CT molecular complexity index is 665. The van der Waals surface area contributed by atoms with Crippen LogP contribution in [0.25, 0.3) is 10.9 Å². The molecular weight excluding hydrogens is 222 g/mol. The average Bonchev–Trinajstić information content (AvgIpc) is 2.47. The van der Waals surface area contributed by atoms with Crippen molar-refractivity contribution in [2.45, 2.75) is 0 Å². The van der Waals surface area contributed by atoms with Gasteiger partial charge in [0.05, 0.1) is 5.52 Å². The van der Waals surface area contributed by atoms with Gasteiger partial charge in [0.15, 0.2) is 0 Å². The highest BCUT2D eigenvalue weighted by molar-refractivity contribution is 5.83. The van der Waals surface area contributed by atoms with Crippen molar-refractivity contribution < 1.29 is 0 Å². The molecular formula is C15H13N3. The van der Waals surface area contributed by atoms with E-state index in [1.54, 1.807) is 6.20 Å². The number of anilines is 2. The number of benzene rings is 1. The maximum atomic E-state index is 4.35. The topological polar surface area (TPSA) is 29.0 Å². The molecule has 0 saturated heterocycles. The lowest BCUT2D eigenvalue weighted by Gasteiger charge is -2.18. The number of nitrogens with zero attached hydrogens (tertiary/aromatic N) is 3. The number of hydrogen-bond acceptors (Lipinski definition) is 3. The van der Waals surface area contributed by atoms with Gasteiger partial charge >= 0.3 is 0 Å². The molecule has 0 N–H and O–H groups in total. The summed E-state index contributed by atoms with van der Waals surface area (Å²) in [5.74, 6) is 0.931. The van der Waals surface area contributed by atoms with Crippen molar-refractivity contribution in [1.29, 1.82) is 0 Å². The molecule has 2 heterocycles. The van der Waals surface area contributed by atoms with Crippen molar-refractivity contribution in [2.75, 3.05) is 11.9 Å². The number of pyridine rings is 2. The summed E-state index contributed by atoms with van der Waals surface area (Å²) < 4.78 is 0. The molecule has 0 radical (unpaired) electrons. The van der Waals surface area contributed by atoms with E-state index in [-0.39, 0.29) is 0 Å². The molecule has 18 heavy (non-hydrogen) atoms. The molecule has 3 rings (SSSR count). The largest absolute Gasteiger partial charge is 0.329 e. The highest BCUT2D eigenvalue weighted by Crippen LogP contribution is 2.24. The zero-order valence-electron chi connectivity index (χ0n) is 10.1. The first kappa shape index (κ1) is 10.7. The Balaban J connectivity index is 2.04. The van der Waals surface area contributed by atoms with Crippen LogP contribution in [-0.2, 0) is 0 Å². The molecule has 2 aromatic heterocycles. The van der Waals surface area contributed by atoms with Gasteiger partial charge in [0.25, 0.3) is 0 Å². The van der Waals surface area contributed by atoms with Gasteiger partial charge in [-0.2, -0.15) is 0 Å². The molecule has 3 nitrogen and oxygen atoms in total. The van der Waals surface area contributed by atoms with Crippen molar-refractivity contribution in [1.82, 2.24) is 9.97 Å². The second-order valence-electron chi connectivity index (χ2n) is 4.13. The number of hydrogen-bond donors (Lipinski definition) is 0. The minimum absolute atomic E-state index is 0.931. The van der Waals surface area contributed by atoms with Gasteiger partial charge in [-0.15, -0.1) is 0 Å². The monoisotopic (exact) mass is 235 g/mol. The molecule has 0 aliphatic carbocycles. The third-order valence-electron chi connectivity index (χ3n) is 2.97. The predicted octanol–water partition coefficient (Wildman–Crippen LogP) is 3.40. The van der Waals surface area contributed by atoms with Crippen LogP contribution >= 0.6 is 0 Å². The SMILES string of the molecule is CN(c1ccc2ncccc2c1)c1ccccn1. The van der Waals surface area contributed by atoms with E-state index in [9.17, 15) is 0 Å². The second kappa shape index (κ2) is 4.45. The van der Waals surface area contributed by atoms with Crippen LogP contribution in [0.2, 0.25) is 0 Å². The van der Waals surface area contributed by atoms with Gasteiger partial charge in [0.1, 0.15) is 5.82 Å². The Morgan fingerprint density at radius 2 is 1.78 bits per heavy atom. The van der Waals surface area contributed by atoms with Crippen molar-refractivity contribution in [3.63, 3.8) is 0 Å². The lowest BCUT2D eigenvalue weighted by molar-refractivity contribution is 1.13. The fourth-order valence-corrected chi connectivity index (χ4v) is 1.96. The van der Waals surface area contributed by atoms with E-state index in [4.69, 9.17) is 0 Å². The smallest absolute Gasteiger partial charge is 0.132 e. The number of fused-ring (bicyclic) bond motifs is 1. The first-order valence-corrected chi connectivity index (χ1v) is 5.84. The van der Waals surface area contributed by atoms with Crippen molar-refractivity contribution in [3.05, 3.63) is 60.9 Å². The Hall–Kier alpha value is -2.42. The van der Waals surface area contributed by atoms with Crippen LogP contribution in [0.4, 0.5) is 11.5 Å². The minimum atomic E-state index is 0.931. The molecule has 88 valence electrons. The fourth-order valence-electron chi connectivity index (χ4n) is 1.96. The third kappa shape index (κ3) is 1.91. The molecule has 0 saturated carbocycles. The van der Waals surface area contributed by atoms with Crippen LogP contribution in [-0.4, -0.2) is 17.0 Å². The first-order chi connectivity index (χ1) is 8.84. The van der Waals surface area contributed by atoms with Gasteiger partial charge in [-0.05, 0) is 36.4 Å². The predicted molar refractivity (Wildman–Crippen MR) is 74.0 cm³/mol. The van der Waals surface area contributed by atoms with Gasteiger partial charge in [-0.25, -0.2) is 4.98 Å². The molecule has 1 aromatic carbocycles. The van der Waals surface area contributed by atoms with Crippen LogP contribution in [0.5, 0.6) is 0 Å². The van der Waals surface area contributed by atoms with E-state index >= 15 is 0 Å². The zero-order chi connectivity index (χ0) is 12.4. The van der Waals surface area contributed by atoms with Gasteiger partial charge in [0.2, 0.25) is 0 Å². The summed E-state index contributed by atoms with van der Waals surface area (Å²) >= 11 is 0. The number of rotatable bonds is 2. The van der Waals surface area contributed by atoms with Crippen molar-refractivity contribution in [3.8, 4) is 0 Å². The van der Waals surface area contributed by atoms with Crippen LogP contribution in [0.15, 0.2) is 60.9 Å². The molecule has 0 unspecified atom stereocenters. The van der Waals surface area contributed by atoms with E-state index < -0.39 is 0 Å². The molecule has 3 heteroatoms. The van der Waals surface area contributed by atoms with Gasteiger partial charge in [-0.3, -0.25) is 4.98 Å². The van der Waals surface area contributed by atoms with Gasteiger partial charge in [0, 0.05) is 30.5 Å². The average molecular weight is 235 g/mol. The quantitative estimate of drug-likeness (QED) is 0.681. The Morgan fingerprint density at radius 1 is 0.889 bits per heavy atom. The molecule has 0 bridgehead atoms. The summed E-state index contributed by atoms with van der Waals surface area (Å²) in [5, 5.41) is 1.14. The maximum absolute atomic E-state index is 4.35. The number of aromatic nitrogens is 2. The Labute approximate surface area is 106 Å². The Morgan fingerprint density at radius 3 is 2.61 bits per heavy atom. The first-order valence-electron chi connectivity index (χ1n) is 5.84. The molecule has 0 atom stereocenters. The van der Waals surface area contributed by atoms with E-state index in [0.29, 0.717) is 0 Å². The summed E-state index contributed by atoms with van der Waals surface area (Å²) in [6, 6.07) is 16.1. The second-order valence-corrected chi connectivity index (χ2v) is 4.13. The summed E-state index contributed by atoms with van der Waals surface area (Å²) in [6.07, 6.45) is 3.61. The van der Waals surface area contributed by atoms with Crippen LogP contribution in [0, 0.1) is 0 Å². The Kier molecular flexibility index (Phi) is 2.65. The van der Waals surface area contributed by atoms with Gasteiger partial charge in [-0.1, -0.05) is 12.1 Å². The van der Waals surface area contributed by atoms with Crippen LogP contribution in [0.3, 0.4) is 0 Å². The van der Waals surface area contributed by atoms with Crippen LogP contribution in [0.1, 0.15) is 0 Å². The maximum Gasteiger partial charge on any atom is 0.132 e. The summed E-state index contributed by atoms with van der Waals surface area (Å²) in [5.41, 5.74) is 2.12. The molecule has 0 aliphatic rings. The lowest BCUT2D eigenvalue weighted by Crippen LogP contribution is -2.10. The minimum Gasteiger partial charge on any atom is -0.329 e. The molecule has 0 fully saturated rings. The summed E-state index contributed by atoms with van der Waals surface area (Å²) in [4.78, 5) is 10.7. The highest BCUT2D eigenvalue weighted by Gasteiger charge is 2.05. The van der Waals surface area contributed by atoms with Gasteiger partial charge < -0.3 is 4.90 Å². The summed E-state index contributed by atoms with van der Waals surface area (Å²) in [7, 11) is 2.01. The van der Waals surface area contributed by atoms with E-state index in [1.807, 2.05) is 43.6 Å². The standard InChI is InChI=1S/C15H13N3/c1-18(15-6-2-3-9-17-15)13-7-8-14-12(11-13)5-4-10-16-14/h2-11H,1H3. The molecule has 0 aliphatic heterocycles. The van der Waals surface area contributed by atoms with Crippen LogP contribution < -0.4 is 4.90 Å². The third-order valence-corrected chi connectivity index (χ3v) is 2.97. The molecule has 3 aromatic rings. The van der Waals surface area contributed by atoms with E-state index in [2.05, 4.69) is 33.1 Å². The summed E-state index contributed by atoms with van der Waals surface area (Å²) in [6.45, 7) is 0. The van der Waals surface area contributed by atoms with Crippen molar-refractivity contribution in [2.24, 2.45) is 0 Å². The lowest BCUT2D eigenvalue weighted by atomic mass is 10.2. The van der Waals surface area contributed by atoms with E-state index in [0.717, 1.165) is 22.4 Å². The van der Waals surface area contributed by atoms with E-state index in [1.165, 1.54) is 0 Å². The van der Waals surface area contributed by atoms with Crippen molar-refractivity contribution >= 4 is 22.4 Å². The molecule has 0 amide bonds.